The number of rotatable bonds is 3. The van der Waals surface area contributed by atoms with E-state index in [1.165, 1.54) is 11.1 Å². The zero-order chi connectivity index (χ0) is 17.5. The van der Waals surface area contributed by atoms with Crippen molar-refractivity contribution >= 4 is 39.1 Å². The highest BCUT2D eigenvalue weighted by Crippen LogP contribution is 2.48. The molecule has 3 rings (SSSR count). The highest BCUT2D eigenvalue weighted by molar-refractivity contribution is 9.10. The van der Waals surface area contributed by atoms with Crippen LogP contribution in [-0.4, -0.2) is 5.91 Å². The molecule has 2 aromatic carbocycles. The molecule has 0 saturated heterocycles. The van der Waals surface area contributed by atoms with Gasteiger partial charge in [-0.3, -0.25) is 4.79 Å². The van der Waals surface area contributed by atoms with Crippen molar-refractivity contribution in [2.45, 2.75) is 38.5 Å². The molecular weight excluding hydrogens is 386 g/mol. The van der Waals surface area contributed by atoms with Gasteiger partial charge in [0.1, 0.15) is 0 Å². The van der Waals surface area contributed by atoms with E-state index in [1.807, 2.05) is 12.1 Å². The van der Waals surface area contributed by atoms with Crippen LogP contribution in [0.1, 0.15) is 44.2 Å². The van der Waals surface area contributed by atoms with Crippen LogP contribution in [0.3, 0.4) is 0 Å². The molecule has 0 radical (unpaired) electrons. The van der Waals surface area contributed by atoms with Crippen LogP contribution in [0.2, 0.25) is 5.02 Å². The van der Waals surface area contributed by atoms with Crippen molar-refractivity contribution in [3.63, 3.8) is 0 Å². The fraction of sp³-hybridized carbons (Fsp3) is 0.350. The van der Waals surface area contributed by atoms with Crippen molar-refractivity contribution in [1.82, 2.24) is 0 Å². The minimum Gasteiger partial charge on any atom is -0.326 e. The Balaban J connectivity index is 1.64. The van der Waals surface area contributed by atoms with E-state index in [-0.39, 0.29) is 17.2 Å². The summed E-state index contributed by atoms with van der Waals surface area (Å²) in [5.41, 5.74) is 3.45. The van der Waals surface area contributed by atoms with Crippen LogP contribution in [0.5, 0.6) is 0 Å². The SMILES string of the molecule is CC(C)(C)c1ccc(C2CC2C(=O)Nc2ccc(Br)c(Cl)c2)cc1. The van der Waals surface area contributed by atoms with Crippen molar-refractivity contribution in [1.29, 1.82) is 0 Å². The Hall–Kier alpha value is -1.32. The van der Waals surface area contributed by atoms with Crippen molar-refractivity contribution in [3.05, 3.63) is 63.1 Å². The predicted molar refractivity (Wildman–Crippen MR) is 104 cm³/mol. The number of anilines is 1. The molecule has 1 N–H and O–H groups in total. The topological polar surface area (TPSA) is 29.1 Å². The van der Waals surface area contributed by atoms with Gasteiger partial charge in [0.25, 0.3) is 0 Å². The molecule has 126 valence electrons. The van der Waals surface area contributed by atoms with Crippen LogP contribution in [0.15, 0.2) is 46.9 Å². The smallest absolute Gasteiger partial charge is 0.228 e. The fourth-order valence-corrected chi connectivity index (χ4v) is 3.32. The van der Waals surface area contributed by atoms with Crippen LogP contribution in [0.4, 0.5) is 5.69 Å². The van der Waals surface area contributed by atoms with E-state index in [2.05, 4.69) is 66.3 Å². The van der Waals surface area contributed by atoms with Gasteiger partial charge in [0, 0.05) is 16.1 Å². The maximum Gasteiger partial charge on any atom is 0.228 e. The lowest BCUT2D eigenvalue weighted by Crippen LogP contribution is -2.14. The molecule has 1 fully saturated rings. The minimum atomic E-state index is 0.0490. The fourth-order valence-electron chi connectivity index (χ4n) is 2.89. The predicted octanol–water partition coefficient (Wildman–Crippen LogP) is 6.14. The second-order valence-electron chi connectivity index (χ2n) is 7.44. The second-order valence-corrected chi connectivity index (χ2v) is 8.70. The third kappa shape index (κ3) is 3.84. The first kappa shape index (κ1) is 17.5. The van der Waals surface area contributed by atoms with Crippen LogP contribution in [0, 0.1) is 5.92 Å². The maximum atomic E-state index is 12.4. The second kappa shape index (κ2) is 6.53. The van der Waals surface area contributed by atoms with Crippen LogP contribution < -0.4 is 5.32 Å². The largest absolute Gasteiger partial charge is 0.326 e. The van der Waals surface area contributed by atoms with Crippen LogP contribution >= 0.6 is 27.5 Å². The molecule has 1 amide bonds. The average Bonchev–Trinajstić information content (AvgIpc) is 3.31. The van der Waals surface area contributed by atoms with Crippen LogP contribution in [0.25, 0.3) is 0 Å². The Morgan fingerprint density at radius 3 is 2.42 bits per heavy atom. The zero-order valence-electron chi connectivity index (χ0n) is 14.1. The number of nitrogens with one attached hydrogen (secondary N) is 1. The van der Waals surface area contributed by atoms with E-state index >= 15 is 0 Å². The normalized spacial score (nSPS) is 19.9. The summed E-state index contributed by atoms with van der Waals surface area (Å²) in [6.45, 7) is 6.62. The summed E-state index contributed by atoms with van der Waals surface area (Å²) in [6.07, 6.45) is 0.908. The van der Waals surface area contributed by atoms with E-state index in [0.29, 0.717) is 10.9 Å². The molecule has 1 aliphatic rings. The van der Waals surface area contributed by atoms with E-state index in [4.69, 9.17) is 11.6 Å². The molecule has 0 heterocycles. The summed E-state index contributed by atoms with van der Waals surface area (Å²) in [6, 6.07) is 14.1. The lowest BCUT2D eigenvalue weighted by atomic mass is 9.86. The van der Waals surface area contributed by atoms with Gasteiger partial charge in [-0.05, 0) is 63.0 Å². The van der Waals surface area contributed by atoms with Gasteiger partial charge in [0.05, 0.1) is 5.02 Å². The molecule has 1 aliphatic carbocycles. The molecule has 24 heavy (non-hydrogen) atoms. The Bertz CT molecular complexity index is 764. The number of carbonyl (C=O) groups is 1. The van der Waals surface area contributed by atoms with E-state index in [0.717, 1.165) is 16.6 Å². The van der Waals surface area contributed by atoms with Gasteiger partial charge in [-0.15, -0.1) is 0 Å². The summed E-state index contributed by atoms with van der Waals surface area (Å²) in [5.74, 6) is 0.441. The van der Waals surface area contributed by atoms with Crippen molar-refractivity contribution in [2.24, 2.45) is 5.92 Å². The first-order valence-corrected chi connectivity index (χ1v) is 9.29. The molecular formula is C20H21BrClNO. The molecule has 4 heteroatoms. The molecule has 1 saturated carbocycles. The molecule has 0 aromatic heterocycles. The summed E-state index contributed by atoms with van der Waals surface area (Å²) in [7, 11) is 0. The Labute approximate surface area is 156 Å². The van der Waals surface area contributed by atoms with Gasteiger partial charge in [0.2, 0.25) is 5.91 Å². The van der Waals surface area contributed by atoms with Gasteiger partial charge >= 0.3 is 0 Å². The number of hydrogen-bond acceptors (Lipinski definition) is 1. The standard InChI is InChI=1S/C20H21BrClNO/c1-20(2,3)13-6-4-12(5-7-13)15-11-16(15)19(24)23-14-8-9-17(21)18(22)10-14/h4-10,15-16H,11H2,1-3H3,(H,23,24). The Morgan fingerprint density at radius 2 is 1.83 bits per heavy atom. The number of amides is 1. The highest BCUT2D eigenvalue weighted by atomic mass is 79.9. The van der Waals surface area contributed by atoms with Crippen molar-refractivity contribution in [2.75, 3.05) is 5.32 Å². The number of carbonyl (C=O) groups excluding carboxylic acids is 1. The molecule has 0 bridgehead atoms. The monoisotopic (exact) mass is 405 g/mol. The minimum absolute atomic E-state index is 0.0490. The van der Waals surface area contributed by atoms with Crippen molar-refractivity contribution < 1.29 is 4.79 Å². The lowest BCUT2D eigenvalue weighted by molar-refractivity contribution is -0.117. The van der Waals surface area contributed by atoms with Gasteiger partial charge in [-0.25, -0.2) is 0 Å². The number of benzene rings is 2. The molecule has 0 aliphatic heterocycles. The molecule has 2 nitrogen and oxygen atoms in total. The molecule has 2 aromatic rings. The van der Waals surface area contributed by atoms with Crippen molar-refractivity contribution in [3.8, 4) is 0 Å². The number of hydrogen-bond donors (Lipinski definition) is 1. The Morgan fingerprint density at radius 1 is 1.17 bits per heavy atom. The van der Waals surface area contributed by atoms with E-state index in [1.54, 1.807) is 6.07 Å². The molecule has 2 atom stereocenters. The van der Waals surface area contributed by atoms with Crippen LogP contribution in [-0.2, 0) is 10.2 Å². The lowest BCUT2D eigenvalue weighted by Gasteiger charge is -2.19. The van der Waals surface area contributed by atoms with Gasteiger partial charge in [-0.2, -0.15) is 0 Å². The van der Waals surface area contributed by atoms with Gasteiger partial charge < -0.3 is 5.32 Å². The zero-order valence-corrected chi connectivity index (χ0v) is 16.4. The third-order valence-electron chi connectivity index (χ3n) is 4.52. The van der Waals surface area contributed by atoms with E-state index < -0.39 is 0 Å². The third-order valence-corrected chi connectivity index (χ3v) is 5.75. The summed E-state index contributed by atoms with van der Waals surface area (Å²) in [4.78, 5) is 12.4. The first-order chi connectivity index (χ1) is 11.3. The Kier molecular flexibility index (Phi) is 4.76. The quantitative estimate of drug-likeness (QED) is 0.651. The van der Waals surface area contributed by atoms with Gasteiger partial charge in [0.15, 0.2) is 0 Å². The summed E-state index contributed by atoms with van der Waals surface area (Å²) in [5, 5.41) is 3.56. The maximum absolute atomic E-state index is 12.4. The summed E-state index contributed by atoms with van der Waals surface area (Å²) >= 11 is 9.42. The molecule has 0 spiro atoms. The van der Waals surface area contributed by atoms with E-state index in [9.17, 15) is 4.79 Å². The first-order valence-electron chi connectivity index (χ1n) is 8.12. The molecule has 2 unspecified atom stereocenters. The average molecular weight is 407 g/mol. The van der Waals surface area contributed by atoms with Gasteiger partial charge in [-0.1, -0.05) is 56.6 Å². The highest BCUT2D eigenvalue weighted by Gasteiger charge is 2.43. The summed E-state index contributed by atoms with van der Waals surface area (Å²) < 4.78 is 0.824. The number of halogens is 2.